The molecule has 0 aliphatic rings. The van der Waals surface area contributed by atoms with Crippen molar-refractivity contribution in [2.24, 2.45) is 0 Å². The third-order valence-electron chi connectivity index (χ3n) is 2.38. The lowest BCUT2D eigenvalue weighted by molar-refractivity contribution is 0.0688. The topological polar surface area (TPSA) is 62.3 Å². The monoisotopic (exact) mass is 237 g/mol. The Morgan fingerprint density at radius 3 is 2.81 bits per heavy atom. The first-order valence-corrected chi connectivity index (χ1v) is 5.87. The van der Waals surface area contributed by atoms with E-state index < -0.39 is 5.97 Å². The summed E-state index contributed by atoms with van der Waals surface area (Å²) >= 11 is 1.41. The number of H-pyrrole nitrogens is 1. The number of ether oxygens (including phenoxy) is 1. The number of hydrogen-bond acceptors (Lipinski definition) is 3. The van der Waals surface area contributed by atoms with Gasteiger partial charge in [0, 0.05) is 15.8 Å². The molecule has 0 saturated carbocycles. The van der Waals surface area contributed by atoms with E-state index in [-0.39, 0.29) is 5.69 Å². The second kappa shape index (κ2) is 4.09. The highest BCUT2D eigenvalue weighted by molar-refractivity contribution is 7.99. The van der Waals surface area contributed by atoms with Crippen molar-refractivity contribution in [1.82, 2.24) is 4.98 Å². The molecule has 2 aromatic rings. The second-order valence-corrected chi connectivity index (χ2v) is 4.07. The lowest BCUT2D eigenvalue weighted by Crippen LogP contribution is -1.97. The Morgan fingerprint density at radius 2 is 2.25 bits per heavy atom. The molecule has 1 heterocycles. The summed E-state index contributed by atoms with van der Waals surface area (Å²) in [5.41, 5.74) is 1.04. The zero-order valence-electron chi connectivity index (χ0n) is 8.90. The fraction of sp³-hybridized carbons (Fsp3) is 0.182. The minimum atomic E-state index is -0.945. The van der Waals surface area contributed by atoms with Gasteiger partial charge in [0.25, 0.3) is 0 Å². The number of fused-ring (bicyclic) bond motifs is 1. The van der Waals surface area contributed by atoms with Gasteiger partial charge in [-0.05, 0) is 24.5 Å². The van der Waals surface area contributed by atoms with Gasteiger partial charge in [0.05, 0.1) is 7.11 Å². The Hall–Kier alpha value is -1.62. The van der Waals surface area contributed by atoms with Gasteiger partial charge in [0.1, 0.15) is 11.4 Å². The number of aromatic carboxylic acids is 1. The third-order valence-corrected chi connectivity index (χ3v) is 3.21. The summed E-state index contributed by atoms with van der Waals surface area (Å²) in [4.78, 5) is 14.7. The molecule has 84 valence electrons. The molecule has 2 N–H and O–H groups in total. The number of carbonyl (C=O) groups is 1. The lowest BCUT2D eigenvalue weighted by Gasteiger charge is -1.99. The first-order valence-electron chi connectivity index (χ1n) is 4.64. The van der Waals surface area contributed by atoms with Crippen LogP contribution in [0.25, 0.3) is 10.9 Å². The number of aromatic amines is 1. The number of methoxy groups -OCH3 is 1. The van der Waals surface area contributed by atoms with Gasteiger partial charge >= 0.3 is 5.97 Å². The summed E-state index contributed by atoms with van der Waals surface area (Å²) in [5.74, 6) is -0.224. The van der Waals surface area contributed by atoms with E-state index in [9.17, 15) is 4.79 Å². The maximum absolute atomic E-state index is 11.0. The zero-order chi connectivity index (χ0) is 11.7. The number of carboxylic acids is 1. The smallest absolute Gasteiger partial charge is 0.353 e. The Bertz CT molecular complexity index is 547. The molecule has 0 fully saturated rings. The number of thioether (sulfide) groups is 1. The number of aromatic nitrogens is 1. The van der Waals surface area contributed by atoms with Gasteiger partial charge < -0.3 is 14.8 Å². The molecule has 0 unspecified atom stereocenters. The Kier molecular flexibility index (Phi) is 2.78. The number of carboxylic acid groups (broad SMARTS) is 1. The Labute approximate surface area is 96.6 Å². The van der Waals surface area contributed by atoms with Crippen molar-refractivity contribution < 1.29 is 14.6 Å². The second-order valence-electron chi connectivity index (χ2n) is 3.25. The quantitative estimate of drug-likeness (QED) is 0.805. The molecule has 1 aromatic heterocycles. The van der Waals surface area contributed by atoms with Crippen LogP contribution in [0.5, 0.6) is 5.75 Å². The van der Waals surface area contributed by atoms with E-state index in [0.29, 0.717) is 0 Å². The summed E-state index contributed by atoms with van der Waals surface area (Å²) in [7, 11) is 1.59. The highest BCUT2D eigenvalue weighted by Crippen LogP contribution is 2.32. The van der Waals surface area contributed by atoms with Gasteiger partial charge in [-0.3, -0.25) is 0 Å². The molecule has 16 heavy (non-hydrogen) atoms. The third kappa shape index (κ3) is 1.63. The normalized spacial score (nSPS) is 10.6. The van der Waals surface area contributed by atoms with Crippen molar-refractivity contribution in [3.8, 4) is 5.75 Å². The van der Waals surface area contributed by atoms with Gasteiger partial charge in [0.15, 0.2) is 0 Å². The van der Waals surface area contributed by atoms with Crippen molar-refractivity contribution in [2.45, 2.75) is 4.90 Å². The Morgan fingerprint density at radius 1 is 1.50 bits per heavy atom. The van der Waals surface area contributed by atoms with E-state index >= 15 is 0 Å². The van der Waals surface area contributed by atoms with Gasteiger partial charge in [0.2, 0.25) is 0 Å². The van der Waals surface area contributed by atoms with Gasteiger partial charge in [-0.25, -0.2) is 4.79 Å². The minimum Gasteiger partial charge on any atom is -0.497 e. The number of hydrogen-bond donors (Lipinski definition) is 2. The van der Waals surface area contributed by atoms with E-state index in [1.165, 1.54) is 11.8 Å². The van der Waals surface area contributed by atoms with Crippen LogP contribution in [-0.2, 0) is 0 Å². The average molecular weight is 237 g/mol. The molecule has 5 heteroatoms. The highest BCUT2D eigenvalue weighted by Gasteiger charge is 2.16. The zero-order valence-corrected chi connectivity index (χ0v) is 9.72. The van der Waals surface area contributed by atoms with Crippen molar-refractivity contribution in [2.75, 3.05) is 13.4 Å². The molecule has 0 aliphatic heterocycles. The summed E-state index contributed by atoms with van der Waals surface area (Å²) in [5, 5.41) is 9.93. The Balaban J connectivity index is 2.73. The molecule has 2 rings (SSSR count). The fourth-order valence-electron chi connectivity index (χ4n) is 1.64. The van der Waals surface area contributed by atoms with Crippen molar-refractivity contribution in [1.29, 1.82) is 0 Å². The van der Waals surface area contributed by atoms with Crippen molar-refractivity contribution in [3.05, 3.63) is 23.9 Å². The van der Waals surface area contributed by atoms with Crippen LogP contribution in [-0.4, -0.2) is 29.4 Å². The molecule has 0 atom stereocenters. The van der Waals surface area contributed by atoms with Gasteiger partial charge in [-0.15, -0.1) is 11.8 Å². The van der Waals surface area contributed by atoms with E-state index in [4.69, 9.17) is 9.84 Å². The molecular weight excluding hydrogens is 226 g/mol. The van der Waals surface area contributed by atoms with Crippen LogP contribution >= 0.6 is 11.8 Å². The maximum Gasteiger partial charge on any atom is 0.353 e. The number of rotatable bonds is 3. The molecule has 0 radical (unpaired) electrons. The maximum atomic E-state index is 11.0. The predicted octanol–water partition coefficient (Wildman–Crippen LogP) is 2.60. The van der Waals surface area contributed by atoms with Crippen LogP contribution in [0.3, 0.4) is 0 Å². The van der Waals surface area contributed by atoms with E-state index in [1.54, 1.807) is 13.2 Å². The van der Waals surface area contributed by atoms with Crippen LogP contribution in [0.4, 0.5) is 0 Å². The van der Waals surface area contributed by atoms with Crippen LogP contribution < -0.4 is 4.74 Å². The highest BCUT2D eigenvalue weighted by atomic mass is 32.2. The van der Waals surface area contributed by atoms with E-state index in [2.05, 4.69) is 4.98 Å². The average Bonchev–Trinajstić information content (AvgIpc) is 2.66. The minimum absolute atomic E-state index is 0.232. The lowest BCUT2D eigenvalue weighted by atomic mass is 10.2. The first kappa shape index (κ1) is 10.9. The summed E-state index contributed by atoms with van der Waals surface area (Å²) < 4.78 is 5.12. The summed E-state index contributed by atoms with van der Waals surface area (Å²) in [6.45, 7) is 0. The number of benzene rings is 1. The van der Waals surface area contributed by atoms with Crippen LogP contribution in [0.2, 0.25) is 0 Å². The standard InChI is InChI=1S/C11H11NO3S/c1-15-6-3-4-8-7(5-6)10(16-2)9(12-8)11(13)14/h3-5,12H,1-2H3,(H,13,14). The van der Waals surface area contributed by atoms with Crippen molar-refractivity contribution in [3.63, 3.8) is 0 Å². The largest absolute Gasteiger partial charge is 0.497 e. The summed E-state index contributed by atoms with van der Waals surface area (Å²) in [6, 6.07) is 5.46. The van der Waals surface area contributed by atoms with Crippen LogP contribution in [0, 0.1) is 0 Å². The molecule has 0 spiro atoms. The fourth-order valence-corrected chi connectivity index (χ4v) is 2.37. The molecule has 1 aromatic carbocycles. The van der Waals surface area contributed by atoms with Crippen molar-refractivity contribution >= 4 is 28.6 Å². The molecule has 0 saturated heterocycles. The number of nitrogens with one attached hydrogen (secondary N) is 1. The van der Waals surface area contributed by atoms with Crippen LogP contribution in [0.15, 0.2) is 23.1 Å². The van der Waals surface area contributed by atoms with E-state index in [0.717, 1.165) is 21.5 Å². The molecule has 0 aliphatic carbocycles. The summed E-state index contributed by atoms with van der Waals surface area (Å²) in [6.07, 6.45) is 1.86. The van der Waals surface area contributed by atoms with Gasteiger partial charge in [-0.1, -0.05) is 0 Å². The molecule has 4 nitrogen and oxygen atoms in total. The molecule has 0 amide bonds. The SMILES string of the molecule is COc1ccc2[nH]c(C(=O)O)c(SC)c2c1. The van der Waals surface area contributed by atoms with E-state index in [1.807, 2.05) is 18.4 Å². The molecular formula is C11H11NO3S. The van der Waals surface area contributed by atoms with Crippen LogP contribution in [0.1, 0.15) is 10.5 Å². The van der Waals surface area contributed by atoms with Gasteiger partial charge in [-0.2, -0.15) is 0 Å². The first-order chi connectivity index (χ1) is 7.67. The predicted molar refractivity (Wildman–Crippen MR) is 63.6 cm³/mol. The molecule has 0 bridgehead atoms.